The van der Waals surface area contributed by atoms with Crippen LogP contribution >= 0.6 is 0 Å². The van der Waals surface area contributed by atoms with Crippen LogP contribution in [0.3, 0.4) is 0 Å². The van der Waals surface area contributed by atoms with Gasteiger partial charge in [0.15, 0.2) is 0 Å². The van der Waals surface area contributed by atoms with E-state index >= 15 is 0 Å². The maximum absolute atomic E-state index is 12.1. The molecule has 2 fully saturated rings. The highest BCUT2D eigenvalue weighted by atomic mass is 16.6. The van der Waals surface area contributed by atoms with Crippen molar-refractivity contribution in [3.05, 3.63) is 0 Å². The molecule has 1 heterocycles. The lowest BCUT2D eigenvalue weighted by molar-refractivity contribution is -0.161. The van der Waals surface area contributed by atoms with Crippen LogP contribution in [0.5, 0.6) is 0 Å². The molecular weight excluding hydrogens is 218 g/mol. The third-order valence-electron chi connectivity index (χ3n) is 4.26. The van der Waals surface area contributed by atoms with Crippen LogP contribution in [0, 0.1) is 5.92 Å². The summed E-state index contributed by atoms with van der Waals surface area (Å²) in [7, 11) is 0. The Labute approximate surface area is 102 Å². The van der Waals surface area contributed by atoms with E-state index in [1.165, 1.54) is 19.3 Å². The van der Waals surface area contributed by atoms with Gasteiger partial charge in [0, 0.05) is 0 Å². The maximum Gasteiger partial charge on any atom is 0.334 e. The van der Waals surface area contributed by atoms with E-state index in [1.807, 2.05) is 0 Å². The van der Waals surface area contributed by atoms with Gasteiger partial charge in [-0.25, -0.2) is 4.79 Å². The summed E-state index contributed by atoms with van der Waals surface area (Å²) < 4.78 is 4.66. The summed E-state index contributed by atoms with van der Waals surface area (Å²) in [5, 5.41) is 3.35. The first kappa shape index (κ1) is 12.6. The van der Waals surface area contributed by atoms with Gasteiger partial charge in [0.1, 0.15) is 5.54 Å². The van der Waals surface area contributed by atoms with E-state index in [1.54, 1.807) is 0 Å². The maximum atomic E-state index is 12.1. The minimum atomic E-state index is -0.584. The molecule has 1 aliphatic carbocycles. The summed E-state index contributed by atoms with van der Waals surface area (Å²) >= 11 is 0. The van der Waals surface area contributed by atoms with Gasteiger partial charge in [0.05, 0.1) is 0 Å². The Morgan fingerprint density at radius 1 is 1.18 bits per heavy atom. The number of rotatable bonds is 3. The summed E-state index contributed by atoms with van der Waals surface area (Å²) in [5.74, 6) is -0.0249. The molecule has 0 amide bonds. The Kier molecular flexibility index (Phi) is 4.15. The number of esters is 1. The summed E-state index contributed by atoms with van der Waals surface area (Å²) in [5.41, 5.74) is -0.584. The third-order valence-corrected chi connectivity index (χ3v) is 4.26. The fourth-order valence-electron chi connectivity index (χ4n) is 3.36. The average Bonchev–Trinajstić information content (AvgIpc) is 2.41. The van der Waals surface area contributed by atoms with Crippen LogP contribution in [0.4, 0.5) is 0 Å². The Morgan fingerprint density at radius 3 is 2.53 bits per heavy atom. The zero-order chi connectivity index (χ0) is 12.1. The van der Waals surface area contributed by atoms with Gasteiger partial charge in [-0.15, -0.1) is 0 Å². The highest BCUT2D eigenvalue weighted by Crippen LogP contribution is 2.38. The van der Waals surface area contributed by atoms with Crippen molar-refractivity contribution in [2.75, 3.05) is 6.54 Å². The lowest BCUT2D eigenvalue weighted by Crippen LogP contribution is -2.60. The number of nitrogens with one attached hydrogen (secondary N) is 1. The molecule has 0 aromatic rings. The molecule has 0 spiro atoms. The van der Waals surface area contributed by atoms with Gasteiger partial charge < -0.3 is 10.1 Å². The molecule has 96 valence electrons. The second-order valence-corrected chi connectivity index (χ2v) is 5.19. The monoisotopic (exact) mass is 239 g/mol. The minimum absolute atomic E-state index is 0.267. The fraction of sp³-hybridized carbons (Fsp3) is 0.846. The van der Waals surface area contributed by atoms with Crippen LogP contribution in [0.2, 0.25) is 0 Å². The normalized spacial score (nSPS) is 30.8. The Balaban J connectivity index is 2.15. The second-order valence-electron chi connectivity index (χ2n) is 5.19. The van der Waals surface area contributed by atoms with E-state index in [-0.39, 0.29) is 12.4 Å². The summed E-state index contributed by atoms with van der Waals surface area (Å²) in [4.78, 5) is 22.5. The van der Waals surface area contributed by atoms with Crippen molar-refractivity contribution in [2.24, 2.45) is 5.92 Å². The van der Waals surface area contributed by atoms with Crippen LogP contribution in [0.25, 0.3) is 0 Å². The molecule has 0 aromatic heterocycles. The Hall–Kier alpha value is -0.900. The molecule has 0 radical (unpaired) electrons. The number of hydrogen-bond acceptors (Lipinski definition) is 4. The van der Waals surface area contributed by atoms with Gasteiger partial charge in [-0.3, -0.25) is 4.79 Å². The molecule has 0 aromatic carbocycles. The van der Waals surface area contributed by atoms with Crippen LogP contribution in [0.1, 0.15) is 51.4 Å². The van der Waals surface area contributed by atoms with Crippen molar-refractivity contribution in [2.45, 2.75) is 56.9 Å². The van der Waals surface area contributed by atoms with E-state index in [2.05, 4.69) is 10.1 Å². The quantitative estimate of drug-likeness (QED) is 0.463. The highest BCUT2D eigenvalue weighted by Gasteiger charge is 2.47. The average molecular weight is 239 g/mol. The van der Waals surface area contributed by atoms with Gasteiger partial charge >= 0.3 is 12.4 Å². The minimum Gasteiger partial charge on any atom is -0.394 e. The van der Waals surface area contributed by atoms with Crippen LogP contribution in [0.15, 0.2) is 0 Å². The molecular formula is C13H21NO3. The molecule has 1 unspecified atom stereocenters. The zero-order valence-corrected chi connectivity index (χ0v) is 10.2. The zero-order valence-electron chi connectivity index (χ0n) is 10.2. The molecule has 1 saturated carbocycles. The lowest BCUT2D eigenvalue weighted by atomic mass is 9.71. The van der Waals surface area contributed by atoms with E-state index in [0.717, 1.165) is 38.6 Å². The smallest absolute Gasteiger partial charge is 0.334 e. The highest BCUT2D eigenvalue weighted by molar-refractivity contribution is 5.86. The van der Waals surface area contributed by atoms with Crippen molar-refractivity contribution < 1.29 is 14.3 Å². The van der Waals surface area contributed by atoms with Crippen LogP contribution in [-0.4, -0.2) is 24.5 Å². The Morgan fingerprint density at radius 2 is 1.94 bits per heavy atom. The number of hydrogen-bond donors (Lipinski definition) is 1. The van der Waals surface area contributed by atoms with Gasteiger partial charge in [-0.05, 0) is 44.6 Å². The van der Waals surface area contributed by atoms with Crippen molar-refractivity contribution in [3.63, 3.8) is 0 Å². The van der Waals surface area contributed by atoms with Crippen molar-refractivity contribution in [3.8, 4) is 0 Å². The predicted molar refractivity (Wildman–Crippen MR) is 63.3 cm³/mol. The first-order valence-corrected chi connectivity index (χ1v) is 6.69. The number of carbonyl (C=O) groups excluding carboxylic acids is 2. The van der Waals surface area contributed by atoms with Gasteiger partial charge in [-0.1, -0.05) is 19.3 Å². The molecule has 1 atom stereocenters. The van der Waals surface area contributed by atoms with E-state index in [9.17, 15) is 9.59 Å². The van der Waals surface area contributed by atoms with Gasteiger partial charge in [-0.2, -0.15) is 0 Å². The topological polar surface area (TPSA) is 55.4 Å². The lowest BCUT2D eigenvalue weighted by Gasteiger charge is -2.43. The second kappa shape index (κ2) is 5.63. The first-order valence-electron chi connectivity index (χ1n) is 6.69. The summed E-state index contributed by atoms with van der Waals surface area (Å²) in [6.45, 7) is 1.12. The van der Waals surface area contributed by atoms with Crippen molar-refractivity contribution in [1.29, 1.82) is 0 Å². The molecule has 2 aliphatic rings. The van der Waals surface area contributed by atoms with Crippen molar-refractivity contribution >= 4 is 12.4 Å². The first-order chi connectivity index (χ1) is 8.29. The third kappa shape index (κ3) is 2.51. The molecule has 0 bridgehead atoms. The van der Waals surface area contributed by atoms with Crippen molar-refractivity contribution in [1.82, 2.24) is 5.32 Å². The molecule has 1 saturated heterocycles. The molecule has 1 aliphatic heterocycles. The molecule has 1 N–H and O–H groups in total. The molecule has 4 heteroatoms. The van der Waals surface area contributed by atoms with E-state index in [0.29, 0.717) is 5.92 Å². The van der Waals surface area contributed by atoms with E-state index < -0.39 is 5.54 Å². The van der Waals surface area contributed by atoms with Crippen LogP contribution < -0.4 is 5.32 Å². The number of ether oxygens (including phenoxy) is 1. The van der Waals surface area contributed by atoms with Crippen LogP contribution in [-0.2, 0) is 14.3 Å². The largest absolute Gasteiger partial charge is 0.394 e. The molecule has 17 heavy (non-hydrogen) atoms. The van der Waals surface area contributed by atoms with Gasteiger partial charge in [0.25, 0.3) is 0 Å². The fourth-order valence-corrected chi connectivity index (χ4v) is 3.36. The number of carbonyl (C=O) groups is 2. The Bertz CT molecular complexity index is 278. The standard InChI is InChI=1S/C13H21NO3/c15-10-17-12(16)13(8-4-5-9-14-13)11-6-2-1-3-7-11/h10-11,14H,1-9H2. The molecule has 4 nitrogen and oxygen atoms in total. The molecule has 2 rings (SSSR count). The van der Waals surface area contributed by atoms with Gasteiger partial charge in [0.2, 0.25) is 0 Å². The summed E-state index contributed by atoms with van der Waals surface area (Å²) in [6, 6.07) is 0. The number of piperidine rings is 1. The predicted octanol–water partition coefficient (Wildman–Crippen LogP) is 1.78. The van der Waals surface area contributed by atoms with E-state index in [4.69, 9.17) is 0 Å². The SMILES string of the molecule is O=COC(=O)C1(C2CCCCC2)CCCCN1. The summed E-state index contributed by atoms with van der Waals surface area (Å²) in [6.07, 6.45) is 8.72.